The molecule has 27 heavy (non-hydrogen) atoms. The number of hydrogen-bond donors (Lipinski definition) is 2. The average Bonchev–Trinajstić information content (AvgIpc) is 2.93. The number of carbonyl (C=O) groups is 2. The number of esters is 1. The zero-order valence-electron chi connectivity index (χ0n) is 16.1. The van der Waals surface area contributed by atoms with E-state index in [2.05, 4.69) is 6.92 Å². The van der Waals surface area contributed by atoms with Crippen LogP contribution in [-0.2, 0) is 9.53 Å². The summed E-state index contributed by atoms with van der Waals surface area (Å²) < 4.78 is 5.03. The van der Waals surface area contributed by atoms with Crippen LogP contribution in [0.2, 0.25) is 0 Å². The normalized spacial score (nSPS) is 23.7. The molecule has 1 aliphatic carbocycles. The molecule has 0 heterocycles. The molecule has 1 aromatic rings. The first-order valence-electron chi connectivity index (χ1n) is 9.82. The fourth-order valence-corrected chi connectivity index (χ4v) is 3.58. The minimum Gasteiger partial charge on any atom is -0.462 e. The highest BCUT2D eigenvalue weighted by atomic mass is 16.5. The summed E-state index contributed by atoms with van der Waals surface area (Å²) >= 11 is 0. The first-order chi connectivity index (χ1) is 13.0. The van der Waals surface area contributed by atoms with Gasteiger partial charge in [0.2, 0.25) is 0 Å². The van der Waals surface area contributed by atoms with Crippen LogP contribution >= 0.6 is 0 Å². The second kappa shape index (κ2) is 10.4. The summed E-state index contributed by atoms with van der Waals surface area (Å²) in [5.74, 6) is -1.41. The molecule has 0 aliphatic heterocycles. The number of Topliss-reactive ketones (excluding diaryl/α,β-unsaturated/α-hetero) is 1. The summed E-state index contributed by atoms with van der Waals surface area (Å²) in [6.45, 7) is 4.13. The standard InChI is InChI=1S/C22H30O5/c1-3-5-6-10-17(23)11-12-18-19(24)14-20(25)21(18)15-8-7-9-16(13-15)22(26)27-4-2/h7-9,11-13,17-19,21,23-24H,3-6,10,14H2,1-2H3/t17-,18-,19+,21-/m0/s1. The van der Waals surface area contributed by atoms with Gasteiger partial charge in [-0.25, -0.2) is 4.79 Å². The Kier molecular flexibility index (Phi) is 8.20. The maximum Gasteiger partial charge on any atom is 0.338 e. The Hall–Kier alpha value is -1.98. The number of ether oxygens (including phenoxy) is 1. The van der Waals surface area contributed by atoms with Gasteiger partial charge in [0.15, 0.2) is 0 Å². The van der Waals surface area contributed by atoms with E-state index in [0.717, 1.165) is 19.3 Å². The van der Waals surface area contributed by atoms with Gasteiger partial charge in [0.1, 0.15) is 5.78 Å². The molecule has 0 amide bonds. The van der Waals surface area contributed by atoms with Crippen molar-refractivity contribution in [3.05, 3.63) is 47.5 Å². The summed E-state index contributed by atoms with van der Waals surface area (Å²) in [6, 6.07) is 6.83. The van der Waals surface area contributed by atoms with Crippen LogP contribution in [0.25, 0.3) is 0 Å². The zero-order valence-corrected chi connectivity index (χ0v) is 16.1. The maximum atomic E-state index is 12.5. The molecule has 0 radical (unpaired) electrons. The van der Waals surface area contributed by atoms with Crippen LogP contribution < -0.4 is 0 Å². The highest BCUT2D eigenvalue weighted by Gasteiger charge is 2.41. The SMILES string of the molecule is CCCCC[C@H](O)C=C[C@H]1[C@H](O)CC(=O)[C@H]1c1cccc(C(=O)OCC)c1. The van der Waals surface area contributed by atoms with Crippen molar-refractivity contribution in [2.45, 2.75) is 64.1 Å². The Morgan fingerprint density at radius 2 is 2.11 bits per heavy atom. The molecule has 2 N–H and O–H groups in total. The average molecular weight is 374 g/mol. The number of benzene rings is 1. The van der Waals surface area contributed by atoms with Crippen LogP contribution in [0.3, 0.4) is 0 Å². The molecule has 2 rings (SSSR count). The quantitative estimate of drug-likeness (QED) is 0.393. The molecule has 0 saturated heterocycles. The number of aliphatic hydroxyl groups is 2. The maximum absolute atomic E-state index is 12.5. The van der Waals surface area contributed by atoms with Crippen molar-refractivity contribution in [3.8, 4) is 0 Å². The number of carbonyl (C=O) groups excluding carboxylic acids is 2. The summed E-state index contributed by atoms with van der Waals surface area (Å²) in [6.07, 6.45) is 5.93. The van der Waals surface area contributed by atoms with Crippen LogP contribution in [0, 0.1) is 5.92 Å². The van der Waals surface area contributed by atoms with E-state index >= 15 is 0 Å². The Morgan fingerprint density at radius 3 is 2.81 bits per heavy atom. The van der Waals surface area contributed by atoms with Crippen molar-refractivity contribution in [3.63, 3.8) is 0 Å². The molecule has 5 heteroatoms. The fraction of sp³-hybridized carbons (Fsp3) is 0.545. The lowest BCUT2D eigenvalue weighted by atomic mass is 9.86. The second-order valence-electron chi connectivity index (χ2n) is 7.09. The van der Waals surface area contributed by atoms with E-state index in [9.17, 15) is 19.8 Å². The molecule has 148 valence electrons. The van der Waals surface area contributed by atoms with Crippen molar-refractivity contribution < 1.29 is 24.5 Å². The minimum absolute atomic E-state index is 0.0568. The topological polar surface area (TPSA) is 83.8 Å². The summed E-state index contributed by atoms with van der Waals surface area (Å²) in [5, 5.41) is 20.4. The molecular weight excluding hydrogens is 344 g/mol. The Morgan fingerprint density at radius 1 is 1.33 bits per heavy atom. The van der Waals surface area contributed by atoms with Gasteiger partial charge in [-0.15, -0.1) is 0 Å². The first-order valence-corrected chi connectivity index (χ1v) is 9.82. The van der Waals surface area contributed by atoms with Gasteiger partial charge in [-0.05, 0) is 31.0 Å². The molecule has 5 nitrogen and oxygen atoms in total. The third-order valence-electron chi connectivity index (χ3n) is 5.00. The lowest BCUT2D eigenvalue weighted by Crippen LogP contribution is -2.18. The van der Waals surface area contributed by atoms with Crippen LogP contribution in [0.5, 0.6) is 0 Å². The third kappa shape index (κ3) is 5.75. The van der Waals surface area contributed by atoms with Crippen molar-refractivity contribution in [1.29, 1.82) is 0 Å². The van der Waals surface area contributed by atoms with Crippen LogP contribution in [0.4, 0.5) is 0 Å². The fourth-order valence-electron chi connectivity index (χ4n) is 3.58. The van der Waals surface area contributed by atoms with E-state index in [4.69, 9.17) is 4.74 Å². The predicted octanol–water partition coefficient (Wildman–Crippen LogP) is 3.39. The van der Waals surface area contributed by atoms with Gasteiger partial charge in [0, 0.05) is 12.3 Å². The molecule has 0 aromatic heterocycles. The monoisotopic (exact) mass is 374 g/mol. The van der Waals surface area contributed by atoms with Crippen molar-refractivity contribution in [2.24, 2.45) is 5.92 Å². The van der Waals surface area contributed by atoms with Gasteiger partial charge in [-0.2, -0.15) is 0 Å². The Bertz CT molecular complexity index is 666. The van der Waals surface area contributed by atoms with Crippen LogP contribution in [0.15, 0.2) is 36.4 Å². The summed E-state index contributed by atoms with van der Waals surface area (Å²) in [4.78, 5) is 24.5. The van der Waals surface area contributed by atoms with E-state index in [1.807, 2.05) is 0 Å². The zero-order chi connectivity index (χ0) is 19.8. The number of aliphatic hydroxyl groups excluding tert-OH is 2. The lowest BCUT2D eigenvalue weighted by molar-refractivity contribution is -0.119. The number of ketones is 1. The minimum atomic E-state index is -0.784. The molecule has 0 spiro atoms. The predicted molar refractivity (Wildman–Crippen MR) is 104 cm³/mol. The van der Waals surface area contributed by atoms with Crippen molar-refractivity contribution in [2.75, 3.05) is 6.61 Å². The van der Waals surface area contributed by atoms with Gasteiger partial charge < -0.3 is 14.9 Å². The van der Waals surface area contributed by atoms with Gasteiger partial charge in [-0.1, -0.05) is 50.5 Å². The smallest absolute Gasteiger partial charge is 0.338 e. The Balaban J connectivity index is 2.17. The number of rotatable bonds is 9. The molecule has 1 saturated carbocycles. The lowest BCUT2D eigenvalue weighted by Gasteiger charge is -2.19. The number of hydrogen-bond acceptors (Lipinski definition) is 5. The highest BCUT2D eigenvalue weighted by Crippen LogP contribution is 2.38. The molecule has 0 unspecified atom stereocenters. The molecular formula is C22H30O5. The van der Waals surface area contributed by atoms with Crippen molar-refractivity contribution >= 4 is 11.8 Å². The third-order valence-corrected chi connectivity index (χ3v) is 5.00. The largest absolute Gasteiger partial charge is 0.462 e. The van der Waals surface area contributed by atoms with Gasteiger partial charge in [0.25, 0.3) is 0 Å². The van der Waals surface area contributed by atoms with Crippen LogP contribution in [0.1, 0.15) is 67.8 Å². The highest BCUT2D eigenvalue weighted by molar-refractivity contribution is 5.92. The molecule has 1 aromatic carbocycles. The second-order valence-corrected chi connectivity index (χ2v) is 7.09. The van der Waals surface area contributed by atoms with Gasteiger partial charge in [0.05, 0.1) is 30.3 Å². The van der Waals surface area contributed by atoms with E-state index in [-0.39, 0.29) is 18.8 Å². The molecule has 4 atom stereocenters. The molecule has 0 bridgehead atoms. The Labute approximate surface area is 161 Å². The van der Waals surface area contributed by atoms with Gasteiger partial charge in [-0.3, -0.25) is 4.79 Å². The van der Waals surface area contributed by atoms with Crippen LogP contribution in [-0.4, -0.2) is 40.8 Å². The molecule has 1 fully saturated rings. The van der Waals surface area contributed by atoms with Crippen molar-refractivity contribution in [1.82, 2.24) is 0 Å². The summed E-state index contributed by atoms with van der Waals surface area (Å²) in [5.41, 5.74) is 1.09. The van der Waals surface area contributed by atoms with E-state index in [0.29, 0.717) is 17.5 Å². The van der Waals surface area contributed by atoms with E-state index < -0.39 is 30.0 Å². The first kappa shape index (κ1) is 21.3. The van der Waals surface area contributed by atoms with Gasteiger partial charge >= 0.3 is 5.97 Å². The van der Waals surface area contributed by atoms with E-state index in [1.54, 1.807) is 43.3 Å². The number of unbranched alkanes of at least 4 members (excludes halogenated alkanes) is 2. The molecule has 1 aliphatic rings. The van der Waals surface area contributed by atoms with E-state index in [1.165, 1.54) is 0 Å². The summed E-state index contributed by atoms with van der Waals surface area (Å²) in [7, 11) is 0.